The van der Waals surface area contributed by atoms with Gasteiger partial charge in [-0.15, -0.1) is 0 Å². The fourth-order valence-electron chi connectivity index (χ4n) is 2.02. The lowest BCUT2D eigenvalue weighted by atomic mass is 10.2. The zero-order valence-corrected chi connectivity index (χ0v) is 15.4. The van der Waals surface area contributed by atoms with Crippen LogP contribution in [0.2, 0.25) is 0 Å². The van der Waals surface area contributed by atoms with E-state index in [1.54, 1.807) is 30.3 Å². The lowest BCUT2D eigenvalue weighted by molar-refractivity contribution is -0.148. The van der Waals surface area contributed by atoms with Gasteiger partial charge in [0.25, 0.3) is 5.91 Å². The van der Waals surface area contributed by atoms with Crippen molar-refractivity contribution in [3.8, 4) is 5.75 Å². The van der Waals surface area contributed by atoms with Gasteiger partial charge in [0.15, 0.2) is 6.10 Å². The van der Waals surface area contributed by atoms with Crippen LogP contribution in [0.25, 0.3) is 6.08 Å². The minimum absolute atomic E-state index is 0.436. The summed E-state index contributed by atoms with van der Waals surface area (Å²) >= 11 is 3.36. The second-order valence-electron chi connectivity index (χ2n) is 5.16. The van der Waals surface area contributed by atoms with Crippen molar-refractivity contribution in [2.75, 3.05) is 12.4 Å². The maximum atomic E-state index is 12.2. The summed E-state index contributed by atoms with van der Waals surface area (Å²) < 4.78 is 11.2. The van der Waals surface area contributed by atoms with E-state index >= 15 is 0 Å². The fourth-order valence-corrected chi connectivity index (χ4v) is 2.44. The highest BCUT2D eigenvalue weighted by molar-refractivity contribution is 9.10. The third kappa shape index (κ3) is 5.76. The first-order chi connectivity index (χ1) is 12.0. The normalized spacial score (nSPS) is 11.8. The molecule has 0 aliphatic carbocycles. The van der Waals surface area contributed by atoms with Crippen molar-refractivity contribution in [1.29, 1.82) is 0 Å². The van der Waals surface area contributed by atoms with E-state index in [4.69, 9.17) is 9.47 Å². The van der Waals surface area contributed by atoms with Crippen LogP contribution >= 0.6 is 15.9 Å². The third-order valence-corrected chi connectivity index (χ3v) is 3.78. The highest BCUT2D eigenvalue weighted by Gasteiger charge is 2.18. The molecule has 0 fully saturated rings. The summed E-state index contributed by atoms with van der Waals surface area (Å²) in [5.41, 5.74) is 1.36. The van der Waals surface area contributed by atoms with Gasteiger partial charge in [0.1, 0.15) is 5.75 Å². The minimum atomic E-state index is -0.940. The number of hydrogen-bond donors (Lipinski definition) is 1. The minimum Gasteiger partial charge on any atom is -0.495 e. The van der Waals surface area contributed by atoms with Gasteiger partial charge >= 0.3 is 5.97 Å². The number of nitrogens with one attached hydrogen (secondary N) is 1. The average Bonchev–Trinajstić information content (AvgIpc) is 2.60. The molecule has 0 aliphatic heterocycles. The zero-order chi connectivity index (χ0) is 18.2. The number of anilines is 1. The van der Waals surface area contributed by atoms with Gasteiger partial charge < -0.3 is 14.8 Å². The molecule has 0 heterocycles. The number of carbonyl (C=O) groups excluding carboxylic acids is 2. The molecule has 0 aliphatic rings. The first kappa shape index (κ1) is 18.7. The molecule has 0 aromatic heterocycles. The average molecular weight is 404 g/mol. The van der Waals surface area contributed by atoms with Crippen molar-refractivity contribution >= 4 is 39.6 Å². The van der Waals surface area contributed by atoms with E-state index in [1.165, 1.54) is 20.1 Å². The van der Waals surface area contributed by atoms with Crippen LogP contribution < -0.4 is 10.1 Å². The Morgan fingerprint density at radius 1 is 1.16 bits per heavy atom. The molecule has 5 nitrogen and oxygen atoms in total. The Labute approximate surface area is 154 Å². The molecular formula is C19H18BrNO4. The second-order valence-corrected chi connectivity index (χ2v) is 6.07. The molecular weight excluding hydrogens is 386 g/mol. The smallest absolute Gasteiger partial charge is 0.331 e. The summed E-state index contributed by atoms with van der Waals surface area (Å²) in [6, 6.07) is 14.5. The van der Waals surface area contributed by atoms with Gasteiger partial charge in [-0.1, -0.05) is 40.2 Å². The first-order valence-electron chi connectivity index (χ1n) is 7.57. The third-order valence-electron chi connectivity index (χ3n) is 3.29. The van der Waals surface area contributed by atoms with Gasteiger partial charge in [-0.3, -0.25) is 4.79 Å². The van der Waals surface area contributed by atoms with Crippen LogP contribution in [0.15, 0.2) is 59.1 Å². The number of halogens is 1. The summed E-state index contributed by atoms with van der Waals surface area (Å²) in [5, 5.41) is 2.68. The molecule has 2 rings (SSSR count). The van der Waals surface area contributed by atoms with Gasteiger partial charge in [0.2, 0.25) is 0 Å². The maximum absolute atomic E-state index is 12.2. The van der Waals surface area contributed by atoms with E-state index in [2.05, 4.69) is 21.2 Å². The molecule has 0 unspecified atom stereocenters. The highest BCUT2D eigenvalue weighted by atomic mass is 79.9. The van der Waals surface area contributed by atoms with Crippen LogP contribution in [0.1, 0.15) is 12.5 Å². The number of hydrogen-bond acceptors (Lipinski definition) is 4. The monoisotopic (exact) mass is 403 g/mol. The van der Waals surface area contributed by atoms with E-state index < -0.39 is 18.0 Å². The molecule has 1 amide bonds. The topological polar surface area (TPSA) is 64.6 Å². The maximum Gasteiger partial charge on any atom is 0.331 e. The number of ether oxygens (including phenoxy) is 2. The summed E-state index contributed by atoms with van der Waals surface area (Å²) in [6.45, 7) is 1.51. The quantitative estimate of drug-likeness (QED) is 0.583. The predicted molar refractivity (Wildman–Crippen MR) is 100 cm³/mol. The van der Waals surface area contributed by atoms with Crippen LogP contribution in [0.3, 0.4) is 0 Å². The summed E-state index contributed by atoms with van der Waals surface area (Å²) in [7, 11) is 1.52. The van der Waals surface area contributed by atoms with Gasteiger partial charge in [-0.05, 0) is 42.8 Å². The molecule has 0 spiro atoms. The van der Waals surface area contributed by atoms with Crippen molar-refractivity contribution in [3.05, 3.63) is 64.6 Å². The molecule has 6 heteroatoms. The number of methoxy groups -OCH3 is 1. The van der Waals surface area contributed by atoms with Gasteiger partial charge in [0, 0.05) is 10.5 Å². The lowest BCUT2D eigenvalue weighted by Crippen LogP contribution is -2.29. The molecule has 130 valence electrons. The van der Waals surface area contributed by atoms with Crippen LogP contribution in [-0.2, 0) is 14.3 Å². The van der Waals surface area contributed by atoms with E-state index in [0.29, 0.717) is 11.4 Å². The van der Waals surface area contributed by atoms with Crippen molar-refractivity contribution < 1.29 is 19.1 Å². The summed E-state index contributed by atoms with van der Waals surface area (Å²) in [6.07, 6.45) is 1.97. The molecule has 1 atom stereocenters. The zero-order valence-electron chi connectivity index (χ0n) is 13.9. The SMILES string of the molecule is COc1ccccc1NC(=O)[C@H](C)OC(=O)/C=C/c1cccc(Br)c1. The Morgan fingerprint density at radius 2 is 1.92 bits per heavy atom. The Balaban J connectivity index is 1.93. The van der Waals surface area contributed by atoms with E-state index in [9.17, 15) is 9.59 Å². The molecule has 0 saturated heterocycles. The molecule has 0 bridgehead atoms. The predicted octanol–water partition coefficient (Wildman–Crippen LogP) is 4.04. The molecule has 0 radical (unpaired) electrons. The number of amides is 1. The second kappa shape index (κ2) is 9.03. The molecule has 1 N–H and O–H groups in total. The van der Waals surface area contributed by atoms with Crippen molar-refractivity contribution in [3.63, 3.8) is 0 Å². The first-order valence-corrected chi connectivity index (χ1v) is 8.37. The van der Waals surface area contributed by atoms with Crippen LogP contribution in [0.4, 0.5) is 5.69 Å². The van der Waals surface area contributed by atoms with Crippen LogP contribution in [-0.4, -0.2) is 25.1 Å². The van der Waals surface area contributed by atoms with Gasteiger partial charge in [-0.2, -0.15) is 0 Å². The van der Waals surface area contributed by atoms with Crippen molar-refractivity contribution in [2.24, 2.45) is 0 Å². The van der Waals surface area contributed by atoms with Gasteiger partial charge in [0.05, 0.1) is 12.8 Å². The standard InChI is InChI=1S/C19H18BrNO4/c1-13(19(23)21-16-8-3-4-9-17(16)24-2)25-18(22)11-10-14-6-5-7-15(20)12-14/h3-13H,1-2H3,(H,21,23)/b11-10+/t13-/m0/s1. The summed E-state index contributed by atoms with van der Waals surface area (Å²) in [4.78, 5) is 24.0. The van der Waals surface area contributed by atoms with E-state index in [1.807, 2.05) is 24.3 Å². The Hall–Kier alpha value is -2.60. The molecule has 2 aromatic carbocycles. The number of benzene rings is 2. The number of esters is 1. The fraction of sp³-hybridized carbons (Fsp3) is 0.158. The number of para-hydroxylation sites is 2. The number of carbonyl (C=O) groups is 2. The molecule has 2 aromatic rings. The van der Waals surface area contributed by atoms with E-state index in [-0.39, 0.29) is 0 Å². The Bertz CT molecular complexity index is 788. The molecule has 25 heavy (non-hydrogen) atoms. The Kier molecular flexibility index (Phi) is 6.77. The van der Waals surface area contributed by atoms with Crippen LogP contribution in [0.5, 0.6) is 5.75 Å². The largest absolute Gasteiger partial charge is 0.495 e. The molecule has 0 saturated carbocycles. The highest BCUT2D eigenvalue weighted by Crippen LogP contribution is 2.23. The lowest BCUT2D eigenvalue weighted by Gasteiger charge is -2.14. The number of rotatable bonds is 6. The van der Waals surface area contributed by atoms with Crippen molar-refractivity contribution in [2.45, 2.75) is 13.0 Å². The van der Waals surface area contributed by atoms with Gasteiger partial charge in [-0.25, -0.2) is 4.79 Å². The van der Waals surface area contributed by atoms with E-state index in [0.717, 1.165) is 10.0 Å². The Morgan fingerprint density at radius 3 is 2.64 bits per heavy atom. The van der Waals surface area contributed by atoms with Crippen molar-refractivity contribution in [1.82, 2.24) is 0 Å². The van der Waals surface area contributed by atoms with Crippen LogP contribution in [0, 0.1) is 0 Å². The summed E-state index contributed by atoms with van der Waals surface area (Å²) in [5.74, 6) is -0.500.